The summed E-state index contributed by atoms with van der Waals surface area (Å²) in [7, 11) is 0. The summed E-state index contributed by atoms with van der Waals surface area (Å²) in [4.78, 5) is 24.7. The molecular formula is C13H24N2O4. The first-order chi connectivity index (χ1) is 8.95. The number of carboxylic acid groups (broad SMARTS) is 1. The first-order valence-corrected chi connectivity index (χ1v) is 6.93. The Bertz CT molecular complexity index is 320. The summed E-state index contributed by atoms with van der Waals surface area (Å²) in [5, 5.41) is 21.0. The molecule has 19 heavy (non-hydrogen) atoms. The van der Waals surface area contributed by atoms with Crippen LogP contribution in [0.5, 0.6) is 0 Å². The van der Waals surface area contributed by atoms with Gasteiger partial charge in [0.1, 0.15) is 6.04 Å². The summed E-state index contributed by atoms with van der Waals surface area (Å²) in [5.41, 5.74) is 0. The molecule has 1 aliphatic rings. The molecule has 1 heterocycles. The van der Waals surface area contributed by atoms with E-state index in [1.807, 2.05) is 0 Å². The zero-order chi connectivity index (χ0) is 14.4. The third kappa shape index (κ3) is 4.70. The second kappa shape index (κ2) is 7.33. The Morgan fingerprint density at radius 3 is 2.63 bits per heavy atom. The van der Waals surface area contributed by atoms with E-state index in [-0.39, 0.29) is 12.1 Å². The summed E-state index contributed by atoms with van der Waals surface area (Å²) < 4.78 is 0. The third-order valence-electron chi connectivity index (χ3n) is 3.51. The molecule has 0 aromatic heterocycles. The van der Waals surface area contributed by atoms with E-state index in [0.717, 1.165) is 19.3 Å². The molecule has 1 fully saturated rings. The number of aliphatic hydroxyl groups excluding tert-OH is 1. The molecule has 0 aliphatic carbocycles. The van der Waals surface area contributed by atoms with Crippen molar-refractivity contribution in [2.45, 2.75) is 64.1 Å². The minimum Gasteiger partial charge on any atom is -0.480 e. The molecule has 3 N–H and O–H groups in total. The van der Waals surface area contributed by atoms with Crippen LogP contribution in [0.25, 0.3) is 0 Å². The highest BCUT2D eigenvalue weighted by Crippen LogP contribution is 2.21. The maximum absolute atomic E-state index is 12.1. The number of nitrogens with one attached hydrogen (secondary N) is 1. The Kier molecular flexibility index (Phi) is 6.08. The number of likely N-dealkylation sites (tertiary alicyclic amines) is 1. The molecule has 0 aromatic rings. The number of rotatable bonds is 5. The van der Waals surface area contributed by atoms with E-state index in [4.69, 9.17) is 5.11 Å². The molecule has 2 amide bonds. The average molecular weight is 272 g/mol. The molecule has 6 nitrogen and oxygen atoms in total. The van der Waals surface area contributed by atoms with Gasteiger partial charge in [-0.1, -0.05) is 6.92 Å². The summed E-state index contributed by atoms with van der Waals surface area (Å²) in [6.07, 6.45) is 3.26. The van der Waals surface area contributed by atoms with Gasteiger partial charge in [0.2, 0.25) is 0 Å². The molecule has 2 unspecified atom stereocenters. The molecular weight excluding hydrogens is 248 g/mol. The highest BCUT2D eigenvalue weighted by atomic mass is 16.4. The topological polar surface area (TPSA) is 89.9 Å². The lowest BCUT2D eigenvalue weighted by Crippen LogP contribution is -2.53. The van der Waals surface area contributed by atoms with Crippen molar-refractivity contribution < 1.29 is 19.8 Å². The first kappa shape index (κ1) is 15.8. The van der Waals surface area contributed by atoms with Crippen LogP contribution in [0.1, 0.15) is 46.0 Å². The molecule has 110 valence electrons. The number of aliphatic hydroxyl groups is 1. The number of carbonyl (C=O) groups excluding carboxylic acids is 1. The number of hydrogen-bond donors (Lipinski definition) is 3. The number of carbonyl (C=O) groups is 2. The van der Waals surface area contributed by atoms with Crippen molar-refractivity contribution >= 4 is 12.0 Å². The van der Waals surface area contributed by atoms with Gasteiger partial charge in [-0.3, -0.25) is 0 Å². The Labute approximate surface area is 113 Å². The number of piperidine rings is 1. The molecule has 6 heteroatoms. The van der Waals surface area contributed by atoms with E-state index < -0.39 is 18.1 Å². The van der Waals surface area contributed by atoms with Crippen LogP contribution in [0.4, 0.5) is 4.79 Å². The van der Waals surface area contributed by atoms with E-state index in [2.05, 4.69) is 5.32 Å². The number of hydrogen-bond acceptors (Lipinski definition) is 3. The molecule has 0 spiro atoms. The number of carboxylic acids is 1. The molecule has 0 bridgehead atoms. The van der Waals surface area contributed by atoms with Crippen molar-refractivity contribution in [1.82, 2.24) is 10.2 Å². The van der Waals surface area contributed by atoms with Crippen LogP contribution in [-0.4, -0.2) is 51.8 Å². The van der Waals surface area contributed by atoms with Crippen LogP contribution in [0, 0.1) is 0 Å². The molecule has 3 atom stereocenters. The van der Waals surface area contributed by atoms with Crippen molar-refractivity contribution in [2.24, 2.45) is 0 Å². The summed E-state index contributed by atoms with van der Waals surface area (Å²) >= 11 is 0. The minimum atomic E-state index is -1.01. The minimum absolute atomic E-state index is 0.0000472. The third-order valence-corrected chi connectivity index (χ3v) is 3.51. The van der Waals surface area contributed by atoms with Crippen molar-refractivity contribution in [3.8, 4) is 0 Å². The summed E-state index contributed by atoms with van der Waals surface area (Å²) in [6.45, 7) is 4.05. The van der Waals surface area contributed by atoms with Gasteiger partial charge in [0.15, 0.2) is 0 Å². The second-order valence-electron chi connectivity index (χ2n) is 5.18. The smallest absolute Gasteiger partial charge is 0.326 e. The predicted octanol–water partition coefficient (Wildman–Crippen LogP) is 1.18. The van der Waals surface area contributed by atoms with E-state index in [1.54, 1.807) is 18.7 Å². The summed E-state index contributed by atoms with van der Waals surface area (Å²) in [6, 6.07) is -1.18. The van der Waals surface area contributed by atoms with Gasteiger partial charge in [0.25, 0.3) is 0 Å². The number of amides is 2. The monoisotopic (exact) mass is 272 g/mol. The zero-order valence-corrected chi connectivity index (χ0v) is 11.6. The van der Waals surface area contributed by atoms with Gasteiger partial charge in [0, 0.05) is 12.6 Å². The largest absolute Gasteiger partial charge is 0.480 e. The molecule has 1 saturated heterocycles. The predicted molar refractivity (Wildman–Crippen MR) is 70.9 cm³/mol. The standard InChI is InChI=1S/C13H24N2O4/c1-3-11(12(17)18)14-13(19)15-7-5-4-6-10(15)8-9(2)16/h9-11,16H,3-8H2,1-2H3,(H,14,19)(H,17,18)/t9?,10?,11-/m1/s1. The molecule has 0 radical (unpaired) electrons. The Hall–Kier alpha value is -1.30. The van der Waals surface area contributed by atoms with Gasteiger partial charge in [0.05, 0.1) is 6.10 Å². The fraction of sp³-hybridized carbons (Fsp3) is 0.846. The quantitative estimate of drug-likeness (QED) is 0.701. The lowest BCUT2D eigenvalue weighted by atomic mass is 9.97. The van der Waals surface area contributed by atoms with Crippen molar-refractivity contribution in [3.05, 3.63) is 0 Å². The number of urea groups is 1. The van der Waals surface area contributed by atoms with Crippen LogP contribution in [0.15, 0.2) is 0 Å². The summed E-state index contributed by atoms with van der Waals surface area (Å²) in [5.74, 6) is -1.01. The Balaban J connectivity index is 2.63. The fourth-order valence-electron chi connectivity index (χ4n) is 2.48. The van der Waals surface area contributed by atoms with Gasteiger partial charge in [-0.05, 0) is 39.0 Å². The van der Waals surface area contributed by atoms with Gasteiger partial charge < -0.3 is 20.4 Å². The molecule has 1 rings (SSSR count). The van der Waals surface area contributed by atoms with E-state index >= 15 is 0 Å². The highest BCUT2D eigenvalue weighted by Gasteiger charge is 2.29. The maximum atomic E-state index is 12.1. The van der Waals surface area contributed by atoms with Gasteiger partial charge >= 0.3 is 12.0 Å². The molecule has 0 aromatic carbocycles. The normalized spacial score (nSPS) is 22.7. The zero-order valence-electron chi connectivity index (χ0n) is 11.6. The number of nitrogens with zero attached hydrogens (tertiary/aromatic N) is 1. The first-order valence-electron chi connectivity index (χ1n) is 6.93. The van der Waals surface area contributed by atoms with E-state index in [0.29, 0.717) is 19.4 Å². The van der Waals surface area contributed by atoms with Crippen molar-refractivity contribution in [3.63, 3.8) is 0 Å². The van der Waals surface area contributed by atoms with Crippen LogP contribution in [0.3, 0.4) is 0 Å². The van der Waals surface area contributed by atoms with Gasteiger partial charge in [-0.2, -0.15) is 0 Å². The van der Waals surface area contributed by atoms with Crippen molar-refractivity contribution in [1.29, 1.82) is 0 Å². The van der Waals surface area contributed by atoms with E-state index in [1.165, 1.54) is 0 Å². The Morgan fingerprint density at radius 2 is 2.11 bits per heavy atom. The van der Waals surface area contributed by atoms with Crippen LogP contribution in [-0.2, 0) is 4.79 Å². The van der Waals surface area contributed by atoms with E-state index in [9.17, 15) is 14.7 Å². The lowest BCUT2D eigenvalue weighted by molar-refractivity contribution is -0.139. The molecule has 0 saturated carbocycles. The SMILES string of the molecule is CC[C@@H](NC(=O)N1CCCCC1CC(C)O)C(=O)O. The van der Waals surface area contributed by atoms with Crippen molar-refractivity contribution in [2.75, 3.05) is 6.54 Å². The highest BCUT2D eigenvalue weighted by molar-refractivity contribution is 5.82. The van der Waals surface area contributed by atoms with Gasteiger partial charge in [-0.25, -0.2) is 9.59 Å². The van der Waals surface area contributed by atoms with Crippen LogP contribution < -0.4 is 5.32 Å². The second-order valence-corrected chi connectivity index (χ2v) is 5.18. The number of aliphatic carboxylic acids is 1. The van der Waals surface area contributed by atoms with Gasteiger partial charge in [-0.15, -0.1) is 0 Å². The van der Waals surface area contributed by atoms with Crippen LogP contribution in [0.2, 0.25) is 0 Å². The lowest BCUT2D eigenvalue weighted by Gasteiger charge is -2.37. The Morgan fingerprint density at radius 1 is 1.42 bits per heavy atom. The fourth-order valence-corrected chi connectivity index (χ4v) is 2.48. The van der Waals surface area contributed by atoms with Crippen LogP contribution >= 0.6 is 0 Å². The maximum Gasteiger partial charge on any atom is 0.326 e. The molecule has 1 aliphatic heterocycles. The average Bonchev–Trinajstić information content (AvgIpc) is 2.35.